The van der Waals surface area contributed by atoms with Crippen LogP contribution < -0.4 is 15.0 Å². The molecule has 1 aromatic rings. The van der Waals surface area contributed by atoms with Crippen molar-refractivity contribution in [2.24, 2.45) is 0 Å². The molecule has 0 fully saturated rings. The Kier molecular flexibility index (Phi) is 3.08. The molecule has 0 spiro atoms. The van der Waals surface area contributed by atoms with Gasteiger partial charge in [0.1, 0.15) is 13.2 Å². The maximum absolute atomic E-state index is 5.61. The number of rotatable bonds is 3. The molecule has 0 amide bonds. The fourth-order valence-corrected chi connectivity index (χ4v) is 1.64. The van der Waals surface area contributed by atoms with Gasteiger partial charge in [0.05, 0.1) is 13.7 Å². The van der Waals surface area contributed by atoms with Gasteiger partial charge in [-0.05, 0) is 18.6 Å². The van der Waals surface area contributed by atoms with E-state index in [-0.39, 0.29) is 0 Å². The molecule has 0 aromatic heterocycles. The molecular weight excluding hydrogens is 194 g/mol. The molecular formula is C11H15NO3. The van der Waals surface area contributed by atoms with E-state index in [4.69, 9.17) is 14.3 Å². The molecule has 0 saturated carbocycles. The van der Waals surface area contributed by atoms with Crippen molar-refractivity contribution >= 4 is 0 Å². The van der Waals surface area contributed by atoms with Crippen molar-refractivity contribution in [3.05, 3.63) is 23.3 Å². The molecule has 1 aromatic carbocycles. The van der Waals surface area contributed by atoms with Crippen LogP contribution in [0.5, 0.6) is 11.5 Å². The standard InChI is InChI=1S/C11H15NO3/c1-8-3-4-10-11(15-6-5-14-10)9(8)7-12-13-2/h3-4,12H,5-7H2,1-2H3. The number of aryl methyl sites for hydroxylation is 1. The minimum absolute atomic E-state index is 0.608. The average molecular weight is 209 g/mol. The number of fused-ring (bicyclic) bond motifs is 1. The van der Waals surface area contributed by atoms with E-state index < -0.39 is 0 Å². The Morgan fingerprint density at radius 3 is 2.93 bits per heavy atom. The molecule has 4 heteroatoms. The summed E-state index contributed by atoms with van der Waals surface area (Å²) in [5, 5.41) is 0. The molecule has 1 heterocycles. The summed E-state index contributed by atoms with van der Waals surface area (Å²) in [5.74, 6) is 1.66. The fourth-order valence-electron chi connectivity index (χ4n) is 1.64. The summed E-state index contributed by atoms with van der Waals surface area (Å²) >= 11 is 0. The van der Waals surface area contributed by atoms with Crippen LogP contribution in [0.15, 0.2) is 12.1 Å². The van der Waals surface area contributed by atoms with Gasteiger partial charge < -0.3 is 14.3 Å². The lowest BCUT2D eigenvalue weighted by Crippen LogP contribution is -2.19. The van der Waals surface area contributed by atoms with Crippen molar-refractivity contribution in [1.82, 2.24) is 5.48 Å². The lowest BCUT2D eigenvalue weighted by atomic mass is 10.1. The molecule has 1 aliphatic heterocycles. The fraction of sp³-hybridized carbons (Fsp3) is 0.455. The second kappa shape index (κ2) is 4.51. The molecule has 0 radical (unpaired) electrons. The number of hydroxylamine groups is 1. The lowest BCUT2D eigenvalue weighted by molar-refractivity contribution is 0.0847. The van der Waals surface area contributed by atoms with Crippen molar-refractivity contribution in [1.29, 1.82) is 0 Å². The van der Waals surface area contributed by atoms with Gasteiger partial charge in [0.15, 0.2) is 11.5 Å². The van der Waals surface area contributed by atoms with Crippen LogP contribution in [0.4, 0.5) is 0 Å². The van der Waals surface area contributed by atoms with Gasteiger partial charge in [-0.15, -0.1) is 0 Å². The first kappa shape index (κ1) is 10.3. The van der Waals surface area contributed by atoms with Gasteiger partial charge in [-0.3, -0.25) is 0 Å². The van der Waals surface area contributed by atoms with Crippen LogP contribution in [0.2, 0.25) is 0 Å². The molecule has 0 atom stereocenters. The molecule has 0 aliphatic carbocycles. The topological polar surface area (TPSA) is 39.7 Å². The van der Waals surface area contributed by atoms with E-state index >= 15 is 0 Å². The van der Waals surface area contributed by atoms with Crippen LogP contribution in [-0.2, 0) is 11.4 Å². The summed E-state index contributed by atoms with van der Waals surface area (Å²) in [4.78, 5) is 4.85. The van der Waals surface area contributed by atoms with Gasteiger partial charge in [-0.25, -0.2) is 0 Å². The van der Waals surface area contributed by atoms with Gasteiger partial charge >= 0.3 is 0 Å². The molecule has 82 valence electrons. The van der Waals surface area contributed by atoms with Crippen LogP contribution in [0, 0.1) is 6.92 Å². The predicted octanol–water partition coefficient (Wildman–Crippen LogP) is 1.42. The number of ether oxygens (including phenoxy) is 2. The zero-order valence-electron chi connectivity index (χ0n) is 9.00. The third-order valence-corrected chi connectivity index (χ3v) is 2.44. The Morgan fingerprint density at radius 2 is 2.13 bits per heavy atom. The zero-order chi connectivity index (χ0) is 10.7. The van der Waals surface area contributed by atoms with Gasteiger partial charge in [-0.2, -0.15) is 5.48 Å². The summed E-state index contributed by atoms with van der Waals surface area (Å²) in [6.45, 7) is 3.89. The number of hydrogen-bond acceptors (Lipinski definition) is 4. The van der Waals surface area contributed by atoms with Crippen molar-refractivity contribution in [2.75, 3.05) is 20.3 Å². The van der Waals surface area contributed by atoms with Crippen LogP contribution in [0.1, 0.15) is 11.1 Å². The summed E-state index contributed by atoms with van der Waals surface area (Å²) < 4.78 is 11.1. The second-order valence-corrected chi connectivity index (χ2v) is 3.41. The largest absolute Gasteiger partial charge is 0.486 e. The molecule has 1 aliphatic rings. The Morgan fingerprint density at radius 1 is 1.33 bits per heavy atom. The van der Waals surface area contributed by atoms with Crippen molar-refractivity contribution in [2.45, 2.75) is 13.5 Å². The second-order valence-electron chi connectivity index (χ2n) is 3.41. The van der Waals surface area contributed by atoms with E-state index in [1.54, 1.807) is 7.11 Å². The van der Waals surface area contributed by atoms with Gasteiger partial charge in [0, 0.05) is 5.56 Å². The average Bonchev–Trinajstić information content (AvgIpc) is 2.28. The van der Waals surface area contributed by atoms with Crippen LogP contribution in [0.3, 0.4) is 0 Å². The first-order chi connectivity index (χ1) is 7.33. The highest BCUT2D eigenvalue weighted by molar-refractivity contribution is 5.51. The third kappa shape index (κ3) is 2.06. The minimum atomic E-state index is 0.608. The van der Waals surface area contributed by atoms with Crippen molar-refractivity contribution < 1.29 is 14.3 Å². The van der Waals surface area contributed by atoms with E-state index in [0.717, 1.165) is 17.1 Å². The lowest BCUT2D eigenvalue weighted by Gasteiger charge is -2.22. The van der Waals surface area contributed by atoms with Gasteiger partial charge in [0.25, 0.3) is 0 Å². The summed E-state index contributed by atoms with van der Waals surface area (Å²) in [5.41, 5.74) is 5.08. The Balaban J connectivity index is 2.32. The third-order valence-electron chi connectivity index (χ3n) is 2.44. The number of benzene rings is 1. The van der Waals surface area contributed by atoms with Gasteiger partial charge in [-0.1, -0.05) is 6.07 Å². The summed E-state index contributed by atoms with van der Waals surface area (Å²) in [6.07, 6.45) is 0. The highest BCUT2D eigenvalue weighted by Crippen LogP contribution is 2.35. The van der Waals surface area contributed by atoms with E-state index in [1.165, 1.54) is 5.56 Å². The van der Waals surface area contributed by atoms with E-state index in [0.29, 0.717) is 19.8 Å². The van der Waals surface area contributed by atoms with Crippen LogP contribution >= 0.6 is 0 Å². The first-order valence-corrected chi connectivity index (χ1v) is 4.97. The molecule has 0 saturated heterocycles. The maximum atomic E-state index is 5.61. The molecule has 1 N–H and O–H groups in total. The monoisotopic (exact) mass is 209 g/mol. The molecule has 0 bridgehead atoms. The smallest absolute Gasteiger partial charge is 0.166 e. The maximum Gasteiger partial charge on any atom is 0.166 e. The molecule has 15 heavy (non-hydrogen) atoms. The molecule has 2 rings (SSSR count). The van der Waals surface area contributed by atoms with E-state index in [9.17, 15) is 0 Å². The van der Waals surface area contributed by atoms with E-state index in [1.807, 2.05) is 19.1 Å². The molecule has 0 unspecified atom stereocenters. The zero-order valence-corrected chi connectivity index (χ0v) is 9.00. The molecule has 4 nitrogen and oxygen atoms in total. The Labute approximate surface area is 89.1 Å². The van der Waals surface area contributed by atoms with E-state index in [2.05, 4.69) is 5.48 Å². The Bertz CT molecular complexity index is 352. The van der Waals surface area contributed by atoms with Crippen molar-refractivity contribution in [3.63, 3.8) is 0 Å². The Hall–Kier alpha value is -1.26. The van der Waals surface area contributed by atoms with Gasteiger partial charge in [0.2, 0.25) is 0 Å². The predicted molar refractivity (Wildman–Crippen MR) is 56.0 cm³/mol. The minimum Gasteiger partial charge on any atom is -0.486 e. The highest BCUT2D eigenvalue weighted by Gasteiger charge is 2.17. The quantitative estimate of drug-likeness (QED) is 0.764. The SMILES string of the molecule is CONCc1c(C)ccc2c1OCCO2. The normalized spacial score (nSPS) is 14.0. The van der Waals surface area contributed by atoms with Crippen LogP contribution in [-0.4, -0.2) is 20.3 Å². The van der Waals surface area contributed by atoms with Crippen molar-refractivity contribution in [3.8, 4) is 11.5 Å². The first-order valence-electron chi connectivity index (χ1n) is 4.97. The summed E-state index contributed by atoms with van der Waals surface area (Å²) in [6, 6.07) is 3.97. The van der Waals surface area contributed by atoms with Crippen LogP contribution in [0.25, 0.3) is 0 Å². The number of hydrogen-bond donors (Lipinski definition) is 1. The summed E-state index contributed by atoms with van der Waals surface area (Å²) in [7, 11) is 1.60. The number of nitrogens with one attached hydrogen (secondary N) is 1. The highest BCUT2D eigenvalue weighted by atomic mass is 16.6.